The Kier molecular flexibility index (Phi) is 5.54. The highest BCUT2D eigenvalue weighted by molar-refractivity contribution is 7.99. The Hall–Kier alpha value is -1.14. The summed E-state index contributed by atoms with van der Waals surface area (Å²) in [5.74, 6) is -1.56. The first kappa shape index (κ1) is 16.7. The van der Waals surface area contributed by atoms with Gasteiger partial charge in [0, 0.05) is 29.6 Å². The van der Waals surface area contributed by atoms with Crippen LogP contribution in [0.25, 0.3) is 0 Å². The van der Waals surface area contributed by atoms with Gasteiger partial charge in [-0.05, 0) is 62.4 Å². The van der Waals surface area contributed by atoms with Gasteiger partial charge in [-0.3, -0.25) is 4.79 Å². The Labute approximate surface area is 139 Å². The normalized spacial score (nSPS) is 19.3. The number of likely N-dealkylation sites (tertiary alicyclic amines) is 1. The first-order chi connectivity index (χ1) is 11.1. The molecule has 1 aromatic carbocycles. The van der Waals surface area contributed by atoms with Crippen LogP contribution in [0, 0.1) is 5.92 Å². The summed E-state index contributed by atoms with van der Waals surface area (Å²) < 4.78 is 24.6. The molecule has 1 heterocycles. The maximum atomic E-state index is 12.5. The minimum atomic E-state index is -2.43. The number of benzene rings is 1. The molecule has 1 aliphatic heterocycles. The van der Waals surface area contributed by atoms with Crippen molar-refractivity contribution in [2.75, 3.05) is 19.6 Å². The van der Waals surface area contributed by atoms with Gasteiger partial charge in [-0.1, -0.05) is 11.8 Å². The van der Waals surface area contributed by atoms with Crippen LogP contribution in [-0.4, -0.2) is 42.2 Å². The van der Waals surface area contributed by atoms with Crippen LogP contribution in [0.15, 0.2) is 29.2 Å². The highest BCUT2D eigenvalue weighted by Gasteiger charge is 2.26. The van der Waals surface area contributed by atoms with Crippen LogP contribution < -0.4 is 5.32 Å². The summed E-state index contributed by atoms with van der Waals surface area (Å²) in [6.45, 7) is 2.63. The fraction of sp³-hybridized carbons (Fsp3) is 0.588. The smallest absolute Gasteiger partial charge is 0.288 e. The molecule has 2 fully saturated rings. The molecular formula is C17H22F2N2OS. The van der Waals surface area contributed by atoms with Gasteiger partial charge in [-0.25, -0.2) is 0 Å². The number of nitrogens with one attached hydrogen (secondary N) is 1. The third-order valence-electron chi connectivity index (χ3n) is 4.50. The summed E-state index contributed by atoms with van der Waals surface area (Å²) in [5.41, 5.74) is 0.577. The van der Waals surface area contributed by atoms with Crippen LogP contribution in [0.4, 0.5) is 8.78 Å². The molecule has 0 radical (unpaired) electrons. The fourth-order valence-corrected chi connectivity index (χ4v) is 3.40. The van der Waals surface area contributed by atoms with E-state index in [-0.39, 0.29) is 5.91 Å². The molecule has 23 heavy (non-hydrogen) atoms. The molecule has 0 unspecified atom stereocenters. The average Bonchev–Trinajstić information content (AvgIpc) is 3.37. The summed E-state index contributed by atoms with van der Waals surface area (Å²) in [6, 6.07) is 6.99. The molecule has 126 valence electrons. The molecule has 3 nitrogen and oxygen atoms in total. The van der Waals surface area contributed by atoms with E-state index in [0.29, 0.717) is 28.3 Å². The van der Waals surface area contributed by atoms with Gasteiger partial charge in [-0.2, -0.15) is 8.78 Å². The zero-order chi connectivity index (χ0) is 16.2. The van der Waals surface area contributed by atoms with E-state index in [2.05, 4.69) is 5.32 Å². The molecule has 0 spiro atoms. The minimum Gasteiger partial charge on any atom is -0.339 e. The van der Waals surface area contributed by atoms with Gasteiger partial charge in [0.25, 0.3) is 11.7 Å². The molecule has 0 atom stereocenters. The number of amides is 1. The quantitative estimate of drug-likeness (QED) is 0.803. The van der Waals surface area contributed by atoms with E-state index in [1.54, 1.807) is 24.3 Å². The Morgan fingerprint density at radius 3 is 2.39 bits per heavy atom. The molecule has 0 bridgehead atoms. The summed E-state index contributed by atoms with van der Waals surface area (Å²) in [4.78, 5) is 14.8. The predicted molar refractivity (Wildman–Crippen MR) is 88.0 cm³/mol. The van der Waals surface area contributed by atoms with Crippen LogP contribution >= 0.6 is 11.8 Å². The van der Waals surface area contributed by atoms with Gasteiger partial charge in [0.05, 0.1) is 0 Å². The van der Waals surface area contributed by atoms with Crippen LogP contribution in [-0.2, 0) is 0 Å². The second kappa shape index (κ2) is 7.62. The average molecular weight is 340 g/mol. The number of nitrogens with zero attached hydrogens (tertiary/aromatic N) is 1. The molecule has 6 heteroatoms. The molecule has 1 saturated carbocycles. The van der Waals surface area contributed by atoms with Crippen molar-refractivity contribution in [2.45, 2.75) is 42.4 Å². The van der Waals surface area contributed by atoms with Crippen LogP contribution in [0.1, 0.15) is 36.0 Å². The molecule has 1 N–H and O–H groups in total. The standard InChI is InChI=1S/C17H22F2N2OS/c18-17(19)23-15-5-3-13(4-6-15)16(22)21-9-7-14(8-10-21)20-11-12-1-2-12/h3-6,12,14,17,20H,1-2,7-11H2. The van der Waals surface area contributed by atoms with Crippen molar-refractivity contribution in [3.05, 3.63) is 29.8 Å². The van der Waals surface area contributed by atoms with Crippen LogP contribution in [0.3, 0.4) is 0 Å². The van der Waals surface area contributed by atoms with E-state index in [4.69, 9.17) is 0 Å². The lowest BCUT2D eigenvalue weighted by Gasteiger charge is -2.32. The van der Waals surface area contributed by atoms with Crippen molar-refractivity contribution in [3.63, 3.8) is 0 Å². The number of hydrogen-bond donors (Lipinski definition) is 1. The predicted octanol–water partition coefficient (Wildman–Crippen LogP) is 3.61. The van der Waals surface area contributed by atoms with E-state index < -0.39 is 5.76 Å². The van der Waals surface area contributed by atoms with Crippen LogP contribution in [0.2, 0.25) is 0 Å². The highest BCUT2D eigenvalue weighted by Crippen LogP contribution is 2.28. The third-order valence-corrected chi connectivity index (χ3v) is 5.22. The molecule has 1 saturated heterocycles. The second-order valence-electron chi connectivity index (χ2n) is 6.32. The second-order valence-corrected chi connectivity index (χ2v) is 7.38. The molecule has 1 aliphatic carbocycles. The number of alkyl halides is 2. The summed E-state index contributed by atoms with van der Waals surface area (Å²) in [6.07, 6.45) is 4.67. The zero-order valence-electron chi connectivity index (χ0n) is 13.0. The SMILES string of the molecule is O=C(c1ccc(SC(F)F)cc1)N1CCC(NCC2CC2)CC1. The minimum absolute atomic E-state index is 0.000704. The maximum Gasteiger partial charge on any atom is 0.288 e. The first-order valence-corrected chi connectivity index (χ1v) is 9.07. The van der Waals surface area contributed by atoms with Gasteiger partial charge in [-0.15, -0.1) is 0 Å². The molecule has 1 amide bonds. The molecule has 2 aliphatic rings. The Morgan fingerprint density at radius 2 is 1.83 bits per heavy atom. The van der Waals surface area contributed by atoms with Crippen molar-refractivity contribution < 1.29 is 13.6 Å². The number of carbonyl (C=O) groups excluding carboxylic acids is 1. The Morgan fingerprint density at radius 1 is 1.17 bits per heavy atom. The first-order valence-electron chi connectivity index (χ1n) is 8.19. The van der Waals surface area contributed by atoms with Crippen molar-refractivity contribution in [1.82, 2.24) is 10.2 Å². The third kappa shape index (κ3) is 4.91. The number of hydrogen-bond acceptors (Lipinski definition) is 3. The van der Waals surface area contributed by atoms with Crippen molar-refractivity contribution >= 4 is 17.7 Å². The Bertz CT molecular complexity index is 526. The van der Waals surface area contributed by atoms with Crippen molar-refractivity contribution in [1.29, 1.82) is 0 Å². The summed E-state index contributed by atoms with van der Waals surface area (Å²) >= 11 is 0.501. The van der Waals surface area contributed by atoms with E-state index in [1.165, 1.54) is 12.8 Å². The number of thioether (sulfide) groups is 1. The molecular weight excluding hydrogens is 318 g/mol. The number of piperidine rings is 1. The lowest BCUT2D eigenvalue weighted by atomic mass is 10.0. The van der Waals surface area contributed by atoms with Gasteiger partial charge >= 0.3 is 0 Å². The topological polar surface area (TPSA) is 32.3 Å². The van der Waals surface area contributed by atoms with E-state index in [1.807, 2.05) is 4.90 Å². The number of rotatable bonds is 6. The molecule has 3 rings (SSSR count). The van der Waals surface area contributed by atoms with Crippen LogP contribution in [0.5, 0.6) is 0 Å². The molecule has 0 aromatic heterocycles. The Balaban J connectivity index is 1.48. The number of halogens is 2. The van der Waals surface area contributed by atoms with E-state index >= 15 is 0 Å². The van der Waals surface area contributed by atoms with E-state index in [9.17, 15) is 13.6 Å². The van der Waals surface area contributed by atoms with Crippen molar-refractivity contribution in [2.24, 2.45) is 5.92 Å². The van der Waals surface area contributed by atoms with Gasteiger partial charge in [0.15, 0.2) is 0 Å². The lowest BCUT2D eigenvalue weighted by molar-refractivity contribution is 0.0705. The fourth-order valence-electron chi connectivity index (χ4n) is 2.90. The monoisotopic (exact) mass is 340 g/mol. The lowest BCUT2D eigenvalue weighted by Crippen LogP contribution is -2.45. The largest absolute Gasteiger partial charge is 0.339 e. The van der Waals surface area contributed by atoms with Gasteiger partial charge < -0.3 is 10.2 Å². The van der Waals surface area contributed by atoms with Gasteiger partial charge in [0.2, 0.25) is 0 Å². The van der Waals surface area contributed by atoms with Gasteiger partial charge in [0.1, 0.15) is 0 Å². The number of carbonyl (C=O) groups is 1. The van der Waals surface area contributed by atoms with E-state index in [0.717, 1.165) is 38.4 Å². The van der Waals surface area contributed by atoms with Crippen molar-refractivity contribution in [3.8, 4) is 0 Å². The zero-order valence-corrected chi connectivity index (χ0v) is 13.8. The summed E-state index contributed by atoms with van der Waals surface area (Å²) in [7, 11) is 0. The summed E-state index contributed by atoms with van der Waals surface area (Å²) in [5, 5.41) is 3.60. The highest BCUT2D eigenvalue weighted by atomic mass is 32.2. The maximum absolute atomic E-state index is 12.5. The molecule has 1 aromatic rings.